The van der Waals surface area contributed by atoms with Crippen molar-refractivity contribution in [3.05, 3.63) is 45.6 Å². The van der Waals surface area contributed by atoms with E-state index < -0.39 is 46.9 Å². The van der Waals surface area contributed by atoms with Gasteiger partial charge < -0.3 is 30.3 Å². The molecule has 16 heteroatoms. The molecule has 0 saturated carbocycles. The first-order valence-electron chi connectivity index (χ1n) is 12.7. The number of nitrogens with one attached hydrogen (secondary N) is 2. The average Bonchev–Trinajstić information content (AvgIpc) is 3.33. The molecule has 4 N–H and O–H groups in total. The van der Waals surface area contributed by atoms with Gasteiger partial charge in [-0.15, -0.1) is 22.0 Å². The number of methoxy groups -OCH3 is 1. The van der Waals surface area contributed by atoms with Gasteiger partial charge >= 0.3 is 12.1 Å². The molecule has 1 aromatic heterocycles. The standard InChI is InChI=1S/C26H31N5O8S3/c1-12-29-30-25(42-12)41-11-15-10-40-22-18(21(34)31(22)19(15)23(35)36)27-20(33)17(28-24(37)39-26(2,3)4)13-6-7-16(32)14(8-13)9-38-5/h6-8,17-18,22,32H,9-11H2,1-5H3,(H,27,33)(H,28,37)(H,35,36). The number of alkyl carbamates (subject to hydrolysis) is 1. The molecule has 2 aromatic rings. The van der Waals surface area contributed by atoms with Crippen molar-refractivity contribution < 1.29 is 38.9 Å². The Morgan fingerprint density at radius 1 is 1.26 bits per heavy atom. The topological polar surface area (TPSA) is 180 Å². The molecule has 1 aromatic carbocycles. The summed E-state index contributed by atoms with van der Waals surface area (Å²) in [7, 11) is 1.45. The van der Waals surface area contributed by atoms with Gasteiger partial charge in [-0.1, -0.05) is 29.2 Å². The summed E-state index contributed by atoms with van der Waals surface area (Å²) >= 11 is 4.08. The fourth-order valence-electron chi connectivity index (χ4n) is 4.30. The van der Waals surface area contributed by atoms with Crippen molar-refractivity contribution in [2.75, 3.05) is 18.6 Å². The predicted molar refractivity (Wildman–Crippen MR) is 156 cm³/mol. The number of ether oxygens (including phenoxy) is 2. The first kappa shape index (κ1) is 31.6. The van der Waals surface area contributed by atoms with Crippen molar-refractivity contribution in [1.82, 2.24) is 25.7 Å². The number of carboxylic acids is 1. The highest BCUT2D eigenvalue weighted by Crippen LogP contribution is 2.42. The van der Waals surface area contributed by atoms with Crippen LogP contribution in [0.2, 0.25) is 0 Å². The van der Waals surface area contributed by atoms with Crippen molar-refractivity contribution in [2.45, 2.75) is 61.7 Å². The molecule has 13 nitrogen and oxygen atoms in total. The molecular formula is C26H31N5O8S3. The number of thioether (sulfide) groups is 2. The second kappa shape index (κ2) is 12.9. The lowest BCUT2D eigenvalue weighted by Gasteiger charge is -2.49. The van der Waals surface area contributed by atoms with Crippen LogP contribution in [0.5, 0.6) is 5.75 Å². The number of hydrogen-bond acceptors (Lipinski definition) is 12. The summed E-state index contributed by atoms with van der Waals surface area (Å²) in [6.45, 7) is 6.91. The van der Waals surface area contributed by atoms with Crippen molar-refractivity contribution >= 4 is 58.7 Å². The monoisotopic (exact) mass is 637 g/mol. The van der Waals surface area contributed by atoms with E-state index in [1.807, 2.05) is 6.92 Å². The number of β-lactam (4-membered cyclic amide) rings is 1. The Morgan fingerprint density at radius 2 is 2.00 bits per heavy atom. The summed E-state index contributed by atoms with van der Waals surface area (Å²) in [6.07, 6.45) is -0.860. The molecular weight excluding hydrogens is 607 g/mol. The lowest BCUT2D eigenvalue weighted by Crippen LogP contribution is -2.71. The first-order chi connectivity index (χ1) is 19.8. The van der Waals surface area contributed by atoms with E-state index >= 15 is 0 Å². The largest absolute Gasteiger partial charge is 0.508 e. The number of benzene rings is 1. The van der Waals surface area contributed by atoms with E-state index in [-0.39, 0.29) is 18.1 Å². The Kier molecular flexibility index (Phi) is 9.70. The van der Waals surface area contributed by atoms with Crippen LogP contribution in [-0.4, -0.2) is 84.8 Å². The number of aryl methyl sites for hydroxylation is 1. The molecule has 3 unspecified atom stereocenters. The van der Waals surface area contributed by atoms with E-state index in [1.165, 1.54) is 65.1 Å². The SMILES string of the molecule is COCc1cc(C(NC(=O)OC(C)(C)C)C(=O)NC2C(=O)N3C(C(=O)O)=C(CSc4nnc(C)s4)CSC23)ccc1O. The maximum absolute atomic E-state index is 13.6. The minimum Gasteiger partial charge on any atom is -0.508 e. The van der Waals surface area contributed by atoms with Crippen LogP contribution in [0.4, 0.5) is 4.79 Å². The summed E-state index contributed by atoms with van der Waals surface area (Å²) in [6, 6.07) is 2.05. The second-order valence-electron chi connectivity index (χ2n) is 10.4. The summed E-state index contributed by atoms with van der Waals surface area (Å²) in [4.78, 5) is 52.9. The molecule has 3 amide bonds. The quantitative estimate of drug-likeness (QED) is 0.221. The van der Waals surface area contributed by atoms with Gasteiger partial charge in [-0.25, -0.2) is 9.59 Å². The van der Waals surface area contributed by atoms with Crippen LogP contribution in [0.25, 0.3) is 0 Å². The fraction of sp³-hybridized carbons (Fsp3) is 0.462. The van der Waals surface area contributed by atoms with Crippen LogP contribution >= 0.6 is 34.9 Å². The molecule has 42 heavy (non-hydrogen) atoms. The van der Waals surface area contributed by atoms with Crippen LogP contribution < -0.4 is 10.6 Å². The molecule has 1 fully saturated rings. The number of nitrogens with zero attached hydrogens (tertiary/aromatic N) is 3. The highest BCUT2D eigenvalue weighted by molar-refractivity contribution is 8.01. The fourth-order valence-corrected chi connectivity index (χ4v) is 7.60. The second-order valence-corrected chi connectivity index (χ2v) is 13.9. The predicted octanol–water partition coefficient (Wildman–Crippen LogP) is 2.80. The van der Waals surface area contributed by atoms with Crippen molar-refractivity contribution in [3.8, 4) is 5.75 Å². The van der Waals surface area contributed by atoms with Gasteiger partial charge in [0.15, 0.2) is 4.34 Å². The van der Waals surface area contributed by atoms with E-state index in [0.717, 1.165) is 5.01 Å². The van der Waals surface area contributed by atoms with Crippen LogP contribution in [0.3, 0.4) is 0 Å². The lowest BCUT2D eigenvalue weighted by molar-refractivity contribution is -0.151. The Morgan fingerprint density at radius 3 is 2.62 bits per heavy atom. The number of phenols is 1. The van der Waals surface area contributed by atoms with E-state index in [9.17, 15) is 29.4 Å². The average molecular weight is 638 g/mol. The summed E-state index contributed by atoms with van der Waals surface area (Å²) in [5.41, 5.74) is 0.334. The number of amides is 3. The number of aliphatic carboxylic acids is 1. The Balaban J connectivity index is 1.53. The zero-order chi connectivity index (χ0) is 30.8. The molecule has 2 aliphatic rings. The van der Waals surface area contributed by atoms with E-state index in [1.54, 1.807) is 20.8 Å². The van der Waals surface area contributed by atoms with Crippen molar-refractivity contribution in [2.24, 2.45) is 0 Å². The van der Waals surface area contributed by atoms with Gasteiger partial charge in [0, 0.05) is 24.2 Å². The Hall–Kier alpha value is -3.34. The molecule has 3 atom stereocenters. The highest BCUT2D eigenvalue weighted by Gasteiger charge is 2.54. The van der Waals surface area contributed by atoms with Crippen LogP contribution in [0.15, 0.2) is 33.8 Å². The third-order valence-electron chi connectivity index (χ3n) is 6.08. The molecule has 0 bridgehead atoms. The molecule has 1 saturated heterocycles. The Labute approximate surface area is 254 Å². The number of aromatic nitrogens is 2. The number of fused-ring (bicyclic) bond motifs is 1. The number of hydrogen-bond donors (Lipinski definition) is 4. The van der Waals surface area contributed by atoms with E-state index in [0.29, 0.717) is 32.5 Å². The van der Waals surface area contributed by atoms with Gasteiger partial charge in [0.2, 0.25) is 5.91 Å². The lowest BCUT2D eigenvalue weighted by atomic mass is 10.00. The summed E-state index contributed by atoms with van der Waals surface area (Å²) in [5.74, 6) is -1.91. The number of aromatic hydroxyl groups is 1. The first-order valence-corrected chi connectivity index (χ1v) is 15.6. The maximum atomic E-state index is 13.6. The summed E-state index contributed by atoms with van der Waals surface area (Å²) in [5, 5.41) is 33.5. The molecule has 226 valence electrons. The normalized spacial score (nSPS) is 19.1. The van der Waals surface area contributed by atoms with Crippen LogP contribution in [0.1, 0.15) is 42.9 Å². The number of phenolic OH excluding ortho intramolecular Hbond substituents is 1. The van der Waals surface area contributed by atoms with Gasteiger partial charge in [0.05, 0.1) is 6.61 Å². The minimum atomic E-state index is -1.29. The minimum absolute atomic E-state index is 0.0522. The number of carboxylic acid groups (broad SMARTS) is 1. The number of carbonyl (C=O) groups is 4. The molecule has 2 aliphatic heterocycles. The zero-order valence-electron chi connectivity index (χ0n) is 23.5. The maximum Gasteiger partial charge on any atom is 0.408 e. The molecule has 4 rings (SSSR count). The number of rotatable bonds is 10. The molecule has 0 aliphatic carbocycles. The van der Waals surface area contributed by atoms with Gasteiger partial charge in [-0.3, -0.25) is 14.5 Å². The van der Waals surface area contributed by atoms with Crippen LogP contribution in [-0.2, 0) is 30.5 Å². The van der Waals surface area contributed by atoms with E-state index in [2.05, 4.69) is 20.8 Å². The third kappa shape index (κ3) is 7.17. The zero-order valence-corrected chi connectivity index (χ0v) is 25.9. The Bertz CT molecular complexity index is 1420. The van der Waals surface area contributed by atoms with E-state index in [4.69, 9.17) is 9.47 Å². The highest BCUT2D eigenvalue weighted by atomic mass is 32.2. The molecule has 0 spiro atoms. The third-order valence-corrected chi connectivity index (χ3v) is 9.48. The van der Waals surface area contributed by atoms with Gasteiger partial charge in [0.25, 0.3) is 5.91 Å². The molecule has 0 radical (unpaired) electrons. The summed E-state index contributed by atoms with van der Waals surface area (Å²) < 4.78 is 11.1. The van der Waals surface area contributed by atoms with Crippen molar-refractivity contribution in [1.29, 1.82) is 0 Å². The van der Waals surface area contributed by atoms with Gasteiger partial charge in [0.1, 0.15) is 39.5 Å². The van der Waals surface area contributed by atoms with Gasteiger partial charge in [-0.05, 0) is 51.0 Å². The smallest absolute Gasteiger partial charge is 0.408 e. The van der Waals surface area contributed by atoms with Crippen molar-refractivity contribution in [3.63, 3.8) is 0 Å². The molecule has 3 heterocycles. The number of carbonyl (C=O) groups excluding carboxylic acids is 3. The van der Waals surface area contributed by atoms with Crippen LogP contribution in [0, 0.1) is 6.92 Å². The van der Waals surface area contributed by atoms with Gasteiger partial charge in [-0.2, -0.15) is 0 Å².